The molecule has 0 N–H and O–H groups in total. The van der Waals surface area contributed by atoms with Crippen LogP contribution >= 0.6 is 0 Å². The summed E-state index contributed by atoms with van der Waals surface area (Å²) in [6, 6.07) is 0. The van der Waals surface area contributed by atoms with Crippen molar-refractivity contribution in [3.05, 3.63) is 0 Å². The molecule has 0 amide bonds. The van der Waals surface area contributed by atoms with Gasteiger partial charge in [0.25, 0.3) is 20.2 Å². The minimum atomic E-state index is -4.26. The van der Waals surface area contributed by atoms with Gasteiger partial charge in [-0.25, -0.2) is 0 Å². The Hall–Kier alpha value is -1.06. The third kappa shape index (κ3) is 6.94. The Kier molecular flexibility index (Phi) is 5.33. The fraction of sp³-hybridized carbons (Fsp3) is 0.429. The van der Waals surface area contributed by atoms with Gasteiger partial charge >= 0.3 is 0 Å². The molecule has 0 aromatic carbocycles. The predicted octanol–water partition coefficient (Wildman–Crippen LogP) is -1.10. The molecule has 0 heterocycles. The van der Waals surface area contributed by atoms with Gasteiger partial charge in [0.2, 0.25) is 5.08 Å². The largest absolute Gasteiger partial charge is 0.285 e. The summed E-state index contributed by atoms with van der Waals surface area (Å²) in [6.45, 7) is -1.07. The third-order valence-corrected chi connectivity index (χ3v) is 4.20. The molecule has 0 aliphatic carbocycles. The van der Waals surface area contributed by atoms with Gasteiger partial charge in [0.05, 0.1) is 0 Å². The Morgan fingerprint density at radius 1 is 0.867 bits per heavy atom. The molecular formula is C7H8O6S2. The molecule has 6 nitrogen and oxygen atoms in total. The van der Waals surface area contributed by atoms with Gasteiger partial charge in [-0.1, -0.05) is 11.8 Å². The summed E-state index contributed by atoms with van der Waals surface area (Å²) in [5, 5.41) is -1.32. The van der Waals surface area contributed by atoms with Crippen molar-refractivity contribution in [1.82, 2.24) is 0 Å². The van der Waals surface area contributed by atoms with E-state index in [2.05, 4.69) is 8.37 Å². The molecule has 0 aromatic heterocycles. The Morgan fingerprint density at radius 3 is 1.47 bits per heavy atom. The van der Waals surface area contributed by atoms with Crippen molar-refractivity contribution in [2.45, 2.75) is 0 Å². The second-order valence-electron chi connectivity index (χ2n) is 2.17. The van der Waals surface area contributed by atoms with Crippen molar-refractivity contribution in [3.8, 4) is 24.7 Å². The first kappa shape index (κ1) is 13.9. The van der Waals surface area contributed by atoms with Crippen LogP contribution in [0.1, 0.15) is 0 Å². The minimum absolute atomic E-state index is 0.535. The zero-order chi connectivity index (χ0) is 11.9. The van der Waals surface area contributed by atoms with Crippen molar-refractivity contribution in [1.29, 1.82) is 0 Å². The fourth-order valence-electron chi connectivity index (χ4n) is 0.492. The van der Waals surface area contributed by atoms with Crippen molar-refractivity contribution in [3.63, 3.8) is 0 Å². The molecule has 0 unspecified atom stereocenters. The molecule has 0 aliphatic heterocycles. The van der Waals surface area contributed by atoms with Crippen molar-refractivity contribution >= 4 is 20.2 Å². The van der Waals surface area contributed by atoms with Crippen molar-refractivity contribution < 1.29 is 25.2 Å². The fourth-order valence-corrected chi connectivity index (χ4v) is 2.95. The van der Waals surface area contributed by atoms with Gasteiger partial charge in [-0.05, 0) is 0 Å². The van der Waals surface area contributed by atoms with Crippen LogP contribution in [-0.2, 0) is 28.6 Å². The van der Waals surface area contributed by atoms with Crippen LogP contribution in [-0.4, -0.2) is 35.1 Å². The summed E-state index contributed by atoms with van der Waals surface area (Å²) in [6.07, 6.45) is 9.47. The molecule has 15 heavy (non-hydrogen) atoms. The lowest BCUT2D eigenvalue weighted by atomic mass is 10.8. The maximum Gasteiger partial charge on any atom is 0.285 e. The molecule has 0 aliphatic rings. The van der Waals surface area contributed by atoms with Gasteiger partial charge in [0.1, 0.15) is 13.2 Å². The zero-order valence-corrected chi connectivity index (χ0v) is 9.18. The first-order valence-electron chi connectivity index (χ1n) is 3.44. The van der Waals surface area contributed by atoms with Crippen LogP contribution in [0.25, 0.3) is 0 Å². The summed E-state index contributed by atoms with van der Waals surface area (Å²) in [4.78, 5) is 0. The molecule has 8 heteroatoms. The van der Waals surface area contributed by atoms with Gasteiger partial charge in [0, 0.05) is 0 Å². The second-order valence-corrected chi connectivity index (χ2v) is 5.81. The van der Waals surface area contributed by atoms with E-state index < -0.39 is 38.5 Å². The van der Waals surface area contributed by atoms with Gasteiger partial charge < -0.3 is 0 Å². The van der Waals surface area contributed by atoms with E-state index in [-0.39, 0.29) is 0 Å². The van der Waals surface area contributed by atoms with E-state index in [9.17, 15) is 16.8 Å². The van der Waals surface area contributed by atoms with E-state index in [0.29, 0.717) is 0 Å². The highest BCUT2D eigenvalue weighted by Crippen LogP contribution is 2.01. The second kappa shape index (κ2) is 5.73. The normalized spacial score (nSPS) is 11.6. The van der Waals surface area contributed by atoms with E-state index in [1.807, 2.05) is 11.8 Å². The smallest absolute Gasteiger partial charge is 0.256 e. The van der Waals surface area contributed by atoms with Gasteiger partial charge in [0.15, 0.2) is 0 Å². The number of rotatable bonds is 6. The molecular weight excluding hydrogens is 244 g/mol. The van der Waals surface area contributed by atoms with Gasteiger partial charge in [-0.3, -0.25) is 8.37 Å². The average Bonchev–Trinajstić information content (AvgIpc) is 2.10. The highest BCUT2D eigenvalue weighted by Gasteiger charge is 2.23. The van der Waals surface area contributed by atoms with Crippen LogP contribution < -0.4 is 0 Å². The number of hydrogen-bond donors (Lipinski definition) is 0. The minimum Gasteiger partial charge on any atom is -0.256 e. The highest BCUT2D eigenvalue weighted by molar-refractivity contribution is 8.03. The molecule has 0 rings (SSSR count). The Morgan fingerprint density at radius 2 is 1.20 bits per heavy atom. The third-order valence-electron chi connectivity index (χ3n) is 0.932. The molecule has 0 atom stereocenters. The average molecular weight is 252 g/mol. The van der Waals surface area contributed by atoms with Crippen LogP contribution in [0.4, 0.5) is 0 Å². The van der Waals surface area contributed by atoms with Crippen LogP contribution in [0.2, 0.25) is 0 Å². The van der Waals surface area contributed by atoms with E-state index in [1.54, 1.807) is 0 Å². The van der Waals surface area contributed by atoms with Crippen LogP contribution in [0, 0.1) is 24.7 Å². The predicted molar refractivity (Wildman–Crippen MR) is 52.3 cm³/mol. The quantitative estimate of drug-likeness (QED) is 0.440. The summed E-state index contributed by atoms with van der Waals surface area (Å²) in [5.41, 5.74) is 0. The van der Waals surface area contributed by atoms with E-state index in [4.69, 9.17) is 12.8 Å². The Bertz CT molecular complexity index is 427. The zero-order valence-electron chi connectivity index (χ0n) is 7.54. The van der Waals surface area contributed by atoms with E-state index in [1.165, 1.54) is 0 Å². The Balaban J connectivity index is 4.48. The lowest BCUT2D eigenvalue weighted by Gasteiger charge is -2.03. The first-order chi connectivity index (χ1) is 6.83. The lowest BCUT2D eigenvalue weighted by Crippen LogP contribution is -2.21. The maximum absolute atomic E-state index is 10.9. The molecule has 0 spiro atoms. The standard InChI is InChI=1S/C7H8O6S2/c1-3-5-12-14(8,9)7-15(10,11)13-6-4-2/h1-2H,5-7H2. The monoisotopic (exact) mass is 252 g/mol. The van der Waals surface area contributed by atoms with Gasteiger partial charge in [-0.15, -0.1) is 12.8 Å². The van der Waals surface area contributed by atoms with Crippen LogP contribution in [0.15, 0.2) is 0 Å². The van der Waals surface area contributed by atoms with Crippen molar-refractivity contribution in [2.24, 2.45) is 0 Å². The molecule has 0 aromatic rings. The van der Waals surface area contributed by atoms with Gasteiger partial charge in [-0.2, -0.15) is 16.8 Å². The maximum atomic E-state index is 10.9. The summed E-state index contributed by atoms with van der Waals surface area (Å²) in [7, 11) is -8.51. The summed E-state index contributed by atoms with van der Waals surface area (Å²) in [5.74, 6) is 3.77. The number of terminal acetylenes is 2. The first-order valence-corrected chi connectivity index (χ1v) is 6.59. The van der Waals surface area contributed by atoms with E-state index in [0.717, 1.165) is 0 Å². The Labute approximate surface area is 88.8 Å². The molecule has 0 radical (unpaired) electrons. The summed E-state index contributed by atoms with van der Waals surface area (Å²) < 4.78 is 52.0. The molecule has 0 bridgehead atoms. The molecule has 0 fully saturated rings. The van der Waals surface area contributed by atoms with Crippen molar-refractivity contribution in [2.75, 3.05) is 18.3 Å². The highest BCUT2D eigenvalue weighted by atomic mass is 32.3. The summed E-state index contributed by atoms with van der Waals surface area (Å²) >= 11 is 0. The van der Waals surface area contributed by atoms with Crippen LogP contribution in [0.3, 0.4) is 0 Å². The lowest BCUT2D eigenvalue weighted by molar-refractivity contribution is 0.353. The molecule has 0 saturated carbocycles. The van der Waals surface area contributed by atoms with E-state index >= 15 is 0 Å². The SMILES string of the molecule is C#CCOS(=O)(=O)CS(=O)(=O)OCC#C. The topological polar surface area (TPSA) is 86.7 Å². The molecule has 84 valence electrons. The molecule has 0 saturated heterocycles. The van der Waals surface area contributed by atoms with Crippen LogP contribution in [0.5, 0.6) is 0 Å². The number of hydrogen-bond acceptors (Lipinski definition) is 6.